The van der Waals surface area contributed by atoms with Gasteiger partial charge >= 0.3 is 0 Å². The van der Waals surface area contributed by atoms with Crippen LogP contribution in [0.25, 0.3) is 11.5 Å². The van der Waals surface area contributed by atoms with Gasteiger partial charge in [-0.3, -0.25) is 5.10 Å². The van der Waals surface area contributed by atoms with E-state index in [1.54, 1.807) is 6.26 Å². The lowest BCUT2D eigenvalue weighted by Gasteiger charge is -2.15. The second-order valence-electron chi connectivity index (χ2n) is 4.52. The van der Waals surface area contributed by atoms with Crippen LogP contribution in [-0.2, 0) is 0 Å². The third-order valence-electron chi connectivity index (χ3n) is 3.28. The molecule has 3 rings (SSSR count). The molecule has 5 nitrogen and oxygen atoms in total. The molecule has 0 bridgehead atoms. The van der Waals surface area contributed by atoms with Gasteiger partial charge in [-0.1, -0.05) is 0 Å². The topological polar surface area (TPSA) is 71.1 Å². The summed E-state index contributed by atoms with van der Waals surface area (Å²) >= 11 is 0. The number of nitrogens with two attached hydrogens (primary N) is 1. The minimum absolute atomic E-state index is 0.262. The molecule has 2 aromatic heterocycles. The lowest BCUT2D eigenvalue weighted by atomic mass is 10.2. The van der Waals surface area contributed by atoms with Gasteiger partial charge in [0.2, 0.25) is 0 Å². The molecule has 1 aliphatic heterocycles. The average Bonchev–Trinajstić information content (AvgIpc) is 2.98. The predicted molar refractivity (Wildman–Crippen MR) is 65.8 cm³/mol. The zero-order chi connectivity index (χ0) is 11.8. The lowest BCUT2D eigenvalue weighted by Crippen LogP contribution is -2.26. The maximum absolute atomic E-state index is 5.92. The van der Waals surface area contributed by atoms with Gasteiger partial charge in [-0.15, -0.1) is 0 Å². The molecule has 1 saturated heterocycles. The Morgan fingerprint density at radius 3 is 3.12 bits per heavy atom. The Labute approximate surface area is 99.6 Å². The van der Waals surface area contributed by atoms with E-state index in [-0.39, 0.29) is 6.04 Å². The number of hydrogen-bond acceptors (Lipinski definition) is 4. The van der Waals surface area contributed by atoms with Crippen LogP contribution in [0, 0.1) is 6.92 Å². The van der Waals surface area contributed by atoms with E-state index >= 15 is 0 Å². The Hall–Kier alpha value is -1.75. The van der Waals surface area contributed by atoms with Gasteiger partial charge in [0.05, 0.1) is 6.26 Å². The molecule has 0 saturated carbocycles. The van der Waals surface area contributed by atoms with Crippen molar-refractivity contribution in [2.24, 2.45) is 5.73 Å². The number of hydrogen-bond donors (Lipinski definition) is 2. The largest absolute Gasteiger partial charge is 0.463 e. The Bertz CT molecular complexity index is 503. The first-order valence-corrected chi connectivity index (χ1v) is 5.85. The van der Waals surface area contributed by atoms with Crippen LogP contribution in [0.2, 0.25) is 0 Å². The summed E-state index contributed by atoms with van der Waals surface area (Å²) in [6.07, 6.45) is 2.70. The van der Waals surface area contributed by atoms with Gasteiger partial charge in [0.15, 0.2) is 11.6 Å². The van der Waals surface area contributed by atoms with Crippen molar-refractivity contribution in [3.05, 3.63) is 24.0 Å². The maximum atomic E-state index is 5.92. The third-order valence-corrected chi connectivity index (χ3v) is 3.28. The molecule has 5 heteroatoms. The average molecular weight is 232 g/mol. The van der Waals surface area contributed by atoms with E-state index in [9.17, 15) is 0 Å². The van der Waals surface area contributed by atoms with Crippen LogP contribution in [0.4, 0.5) is 5.82 Å². The van der Waals surface area contributed by atoms with Gasteiger partial charge < -0.3 is 15.1 Å². The van der Waals surface area contributed by atoms with Crippen LogP contribution in [-0.4, -0.2) is 29.3 Å². The van der Waals surface area contributed by atoms with Gasteiger partial charge in [-0.2, -0.15) is 5.10 Å². The zero-order valence-electron chi connectivity index (χ0n) is 9.81. The fourth-order valence-electron chi connectivity index (χ4n) is 2.34. The van der Waals surface area contributed by atoms with Gasteiger partial charge in [0.25, 0.3) is 0 Å². The fraction of sp³-hybridized carbons (Fsp3) is 0.417. The molecule has 0 spiro atoms. The predicted octanol–water partition coefficient (Wildman–Crippen LogP) is 1.52. The first-order chi connectivity index (χ1) is 8.25. The fourth-order valence-corrected chi connectivity index (χ4v) is 2.34. The highest BCUT2D eigenvalue weighted by Crippen LogP contribution is 2.29. The molecule has 2 aromatic rings. The Kier molecular flexibility index (Phi) is 2.40. The molecular weight excluding hydrogens is 216 g/mol. The summed E-state index contributed by atoms with van der Waals surface area (Å²) in [4.78, 5) is 2.23. The highest BCUT2D eigenvalue weighted by molar-refractivity contribution is 5.65. The monoisotopic (exact) mass is 232 g/mol. The van der Waals surface area contributed by atoms with Crippen molar-refractivity contribution in [2.45, 2.75) is 19.4 Å². The Morgan fingerprint density at radius 2 is 2.47 bits per heavy atom. The van der Waals surface area contributed by atoms with Crippen LogP contribution >= 0.6 is 0 Å². The quantitative estimate of drug-likeness (QED) is 0.823. The second-order valence-corrected chi connectivity index (χ2v) is 4.52. The van der Waals surface area contributed by atoms with E-state index < -0.39 is 0 Å². The van der Waals surface area contributed by atoms with Crippen LogP contribution in [0.3, 0.4) is 0 Å². The summed E-state index contributed by atoms with van der Waals surface area (Å²) in [6, 6.07) is 4.07. The summed E-state index contributed by atoms with van der Waals surface area (Å²) in [7, 11) is 0. The van der Waals surface area contributed by atoms with Gasteiger partial charge in [-0.05, 0) is 25.5 Å². The van der Waals surface area contributed by atoms with E-state index in [1.807, 2.05) is 12.1 Å². The minimum atomic E-state index is 0.262. The molecule has 90 valence electrons. The normalized spacial score (nSPS) is 20.1. The molecule has 1 fully saturated rings. The molecule has 3 heterocycles. The molecule has 17 heavy (non-hydrogen) atoms. The van der Waals surface area contributed by atoms with E-state index in [0.29, 0.717) is 0 Å². The molecule has 1 aliphatic rings. The highest BCUT2D eigenvalue weighted by Gasteiger charge is 2.24. The van der Waals surface area contributed by atoms with E-state index in [1.165, 1.54) is 0 Å². The van der Waals surface area contributed by atoms with Crippen LogP contribution in [0.5, 0.6) is 0 Å². The SMILES string of the molecule is Cc1c(N2CCC(N)C2)n[nH]c1-c1ccco1. The number of rotatable bonds is 2. The van der Waals surface area contributed by atoms with Crippen molar-refractivity contribution in [3.63, 3.8) is 0 Å². The van der Waals surface area contributed by atoms with Gasteiger partial charge in [0.1, 0.15) is 5.69 Å². The molecule has 1 atom stereocenters. The zero-order valence-corrected chi connectivity index (χ0v) is 9.81. The molecule has 0 amide bonds. The van der Waals surface area contributed by atoms with Crippen LogP contribution in [0.15, 0.2) is 22.8 Å². The summed E-state index contributed by atoms with van der Waals surface area (Å²) in [5.41, 5.74) is 7.98. The number of anilines is 1. The molecule has 3 N–H and O–H groups in total. The van der Waals surface area contributed by atoms with Crippen LogP contribution in [0.1, 0.15) is 12.0 Å². The van der Waals surface area contributed by atoms with Crippen molar-refractivity contribution in [2.75, 3.05) is 18.0 Å². The van der Waals surface area contributed by atoms with Crippen LogP contribution < -0.4 is 10.6 Å². The molecule has 0 radical (unpaired) electrons. The molecular formula is C12H16N4O. The summed E-state index contributed by atoms with van der Waals surface area (Å²) in [5, 5.41) is 7.42. The lowest BCUT2D eigenvalue weighted by molar-refractivity contribution is 0.579. The highest BCUT2D eigenvalue weighted by atomic mass is 16.3. The van der Waals surface area contributed by atoms with Crippen molar-refractivity contribution < 1.29 is 4.42 Å². The van der Waals surface area contributed by atoms with Crippen molar-refractivity contribution >= 4 is 5.82 Å². The molecule has 1 unspecified atom stereocenters. The van der Waals surface area contributed by atoms with Gasteiger partial charge in [0, 0.05) is 24.7 Å². The number of aromatic nitrogens is 2. The minimum Gasteiger partial charge on any atom is -0.463 e. The molecule has 0 aliphatic carbocycles. The summed E-state index contributed by atoms with van der Waals surface area (Å²) in [6.45, 7) is 3.91. The number of H-pyrrole nitrogens is 1. The smallest absolute Gasteiger partial charge is 0.154 e. The number of aromatic amines is 1. The second kappa shape index (κ2) is 3.92. The first-order valence-electron chi connectivity index (χ1n) is 5.85. The Morgan fingerprint density at radius 1 is 1.59 bits per heavy atom. The summed E-state index contributed by atoms with van der Waals surface area (Å²) < 4.78 is 5.38. The first kappa shape index (κ1) is 10.4. The molecule has 0 aromatic carbocycles. The standard InChI is InChI=1S/C12H16N4O/c1-8-11(10-3-2-6-17-10)14-15-12(8)16-5-4-9(13)7-16/h2-3,6,9H,4-5,7,13H2,1H3,(H,14,15). The number of furan rings is 1. The van der Waals surface area contributed by atoms with Crippen molar-refractivity contribution in [1.82, 2.24) is 10.2 Å². The van der Waals surface area contributed by atoms with Crippen molar-refractivity contribution in [1.29, 1.82) is 0 Å². The maximum Gasteiger partial charge on any atom is 0.154 e. The number of nitrogens with one attached hydrogen (secondary N) is 1. The number of nitrogens with zero attached hydrogens (tertiary/aromatic N) is 2. The van der Waals surface area contributed by atoms with E-state index in [2.05, 4.69) is 22.0 Å². The van der Waals surface area contributed by atoms with Gasteiger partial charge in [-0.25, -0.2) is 0 Å². The summed E-state index contributed by atoms with van der Waals surface area (Å²) in [5.74, 6) is 1.81. The van der Waals surface area contributed by atoms with Crippen molar-refractivity contribution in [3.8, 4) is 11.5 Å². The van der Waals surface area contributed by atoms with E-state index in [0.717, 1.165) is 42.3 Å². The van der Waals surface area contributed by atoms with E-state index in [4.69, 9.17) is 10.2 Å². The Balaban J connectivity index is 1.93. The third kappa shape index (κ3) is 1.72.